The Labute approximate surface area is 119 Å². The van der Waals surface area contributed by atoms with Crippen LogP contribution in [0.3, 0.4) is 0 Å². The van der Waals surface area contributed by atoms with Gasteiger partial charge in [-0.2, -0.15) is 5.26 Å². The zero-order valence-corrected chi connectivity index (χ0v) is 11.2. The molecule has 9 heteroatoms. The molecule has 0 bridgehead atoms. The summed E-state index contributed by atoms with van der Waals surface area (Å²) in [7, 11) is 1.33. The fraction of sp³-hybridized carbons (Fsp3) is 0.250. The summed E-state index contributed by atoms with van der Waals surface area (Å²) in [6.07, 6.45) is -1.13. The molecule has 1 aromatic carbocycles. The van der Waals surface area contributed by atoms with Gasteiger partial charge in [-0.25, -0.2) is 4.79 Å². The number of imide groups is 1. The summed E-state index contributed by atoms with van der Waals surface area (Å²) in [5.41, 5.74) is -0.342. The number of urea groups is 1. The molecule has 0 aliphatic rings. The van der Waals surface area contributed by atoms with Crippen molar-refractivity contribution in [1.29, 1.82) is 5.26 Å². The number of rotatable bonds is 4. The van der Waals surface area contributed by atoms with Gasteiger partial charge in [0.15, 0.2) is 11.9 Å². The van der Waals surface area contributed by atoms with Gasteiger partial charge < -0.3 is 10.1 Å². The molecule has 0 aliphatic heterocycles. The summed E-state index contributed by atoms with van der Waals surface area (Å²) in [5, 5.41) is 23.8. The Bertz CT molecular complexity index is 623. The van der Waals surface area contributed by atoms with Crippen molar-refractivity contribution < 1.29 is 19.2 Å². The predicted molar refractivity (Wildman–Crippen MR) is 70.5 cm³/mol. The van der Waals surface area contributed by atoms with Crippen molar-refractivity contribution in [3.05, 3.63) is 33.9 Å². The number of amides is 3. The van der Waals surface area contributed by atoms with Crippen LogP contribution in [-0.4, -0.2) is 30.0 Å². The van der Waals surface area contributed by atoms with Crippen LogP contribution in [0.1, 0.15) is 12.5 Å². The molecule has 0 spiro atoms. The van der Waals surface area contributed by atoms with E-state index in [1.165, 1.54) is 26.1 Å². The first-order valence-corrected chi connectivity index (χ1v) is 5.76. The van der Waals surface area contributed by atoms with Crippen LogP contribution in [-0.2, 0) is 4.79 Å². The molecular formula is C12H12N4O5. The van der Waals surface area contributed by atoms with Gasteiger partial charge in [0.05, 0.1) is 16.6 Å². The minimum Gasteiger partial charge on any atom is -0.474 e. The average molecular weight is 292 g/mol. The number of nitro groups is 1. The van der Waals surface area contributed by atoms with Gasteiger partial charge in [-0.15, -0.1) is 0 Å². The van der Waals surface area contributed by atoms with E-state index in [2.05, 4.69) is 5.32 Å². The van der Waals surface area contributed by atoms with Crippen LogP contribution in [0.4, 0.5) is 10.5 Å². The van der Waals surface area contributed by atoms with Crippen molar-refractivity contribution in [1.82, 2.24) is 10.6 Å². The quantitative estimate of drug-likeness (QED) is 0.619. The van der Waals surface area contributed by atoms with Crippen molar-refractivity contribution >= 4 is 17.6 Å². The van der Waals surface area contributed by atoms with Crippen molar-refractivity contribution in [2.24, 2.45) is 0 Å². The summed E-state index contributed by atoms with van der Waals surface area (Å²) < 4.78 is 5.17. The molecule has 0 fully saturated rings. The predicted octanol–water partition coefficient (Wildman–Crippen LogP) is 0.689. The summed E-state index contributed by atoms with van der Waals surface area (Å²) >= 11 is 0. The van der Waals surface area contributed by atoms with Gasteiger partial charge in [-0.1, -0.05) is 0 Å². The highest BCUT2D eigenvalue weighted by Crippen LogP contribution is 2.28. The molecule has 21 heavy (non-hydrogen) atoms. The van der Waals surface area contributed by atoms with Gasteiger partial charge >= 0.3 is 11.7 Å². The van der Waals surface area contributed by atoms with Crippen molar-refractivity contribution in [3.63, 3.8) is 0 Å². The molecule has 1 rings (SSSR count). The molecule has 1 atom stereocenters. The highest BCUT2D eigenvalue weighted by Gasteiger charge is 2.22. The largest absolute Gasteiger partial charge is 0.474 e. The third kappa shape index (κ3) is 4.17. The molecule has 0 aliphatic carbocycles. The lowest BCUT2D eigenvalue weighted by atomic mass is 10.2. The Morgan fingerprint density at radius 2 is 2.14 bits per heavy atom. The van der Waals surface area contributed by atoms with E-state index in [0.29, 0.717) is 0 Å². The van der Waals surface area contributed by atoms with Crippen molar-refractivity contribution in [2.75, 3.05) is 7.05 Å². The number of hydrogen-bond acceptors (Lipinski definition) is 6. The highest BCUT2D eigenvalue weighted by molar-refractivity contribution is 5.96. The number of nitrogens with one attached hydrogen (secondary N) is 2. The number of hydrogen-bond donors (Lipinski definition) is 2. The standard InChI is InChI=1S/C12H12N4O5/c1-7(11(17)15-12(18)14-2)21-10-4-3-8(6-13)5-9(10)16(19)20/h3-5,7H,1-2H3,(H2,14,15,17,18). The van der Waals surface area contributed by atoms with Crippen molar-refractivity contribution in [3.8, 4) is 11.8 Å². The van der Waals surface area contributed by atoms with Gasteiger partial charge in [0.2, 0.25) is 0 Å². The van der Waals surface area contributed by atoms with Gasteiger partial charge in [0.25, 0.3) is 5.91 Å². The van der Waals surface area contributed by atoms with E-state index in [1.54, 1.807) is 6.07 Å². The summed E-state index contributed by atoms with van der Waals surface area (Å²) in [5.74, 6) is -0.924. The Morgan fingerprint density at radius 1 is 1.48 bits per heavy atom. The van der Waals surface area contributed by atoms with Gasteiger partial charge in [0, 0.05) is 13.1 Å². The number of nitriles is 1. The Balaban J connectivity index is 2.92. The van der Waals surface area contributed by atoms with Crippen LogP contribution >= 0.6 is 0 Å². The Kier molecular flexibility index (Phi) is 5.19. The minimum absolute atomic E-state index is 0.0940. The number of carbonyl (C=O) groups excluding carboxylic acids is 2. The monoisotopic (exact) mass is 292 g/mol. The van der Waals surface area contributed by atoms with E-state index in [1.807, 2.05) is 5.32 Å². The van der Waals surface area contributed by atoms with Crippen LogP contribution in [0.25, 0.3) is 0 Å². The van der Waals surface area contributed by atoms with Crippen LogP contribution < -0.4 is 15.4 Å². The first kappa shape index (κ1) is 15.9. The number of benzene rings is 1. The van der Waals surface area contributed by atoms with Crippen LogP contribution in [0, 0.1) is 21.4 Å². The van der Waals surface area contributed by atoms with E-state index in [-0.39, 0.29) is 11.3 Å². The molecule has 1 aromatic rings. The third-order valence-corrected chi connectivity index (χ3v) is 2.42. The van der Waals surface area contributed by atoms with Crippen LogP contribution in [0.2, 0.25) is 0 Å². The number of nitrogens with zero attached hydrogens (tertiary/aromatic N) is 2. The molecule has 3 amide bonds. The first-order valence-electron chi connectivity index (χ1n) is 5.76. The smallest absolute Gasteiger partial charge is 0.321 e. The molecule has 2 N–H and O–H groups in total. The topological polar surface area (TPSA) is 134 Å². The van der Waals surface area contributed by atoms with Gasteiger partial charge in [0.1, 0.15) is 0 Å². The lowest BCUT2D eigenvalue weighted by molar-refractivity contribution is -0.386. The lowest BCUT2D eigenvalue weighted by Gasteiger charge is -2.14. The van der Waals surface area contributed by atoms with E-state index >= 15 is 0 Å². The molecule has 0 aromatic heterocycles. The number of nitro benzene ring substituents is 1. The molecule has 0 heterocycles. The van der Waals surface area contributed by atoms with Crippen LogP contribution in [0.5, 0.6) is 5.75 Å². The number of ether oxygens (including phenoxy) is 1. The maximum absolute atomic E-state index is 11.6. The van der Waals surface area contributed by atoms with Crippen LogP contribution in [0.15, 0.2) is 18.2 Å². The first-order chi connectivity index (χ1) is 9.88. The third-order valence-electron chi connectivity index (χ3n) is 2.42. The summed E-state index contributed by atoms with van der Waals surface area (Å²) in [4.78, 5) is 32.8. The average Bonchev–Trinajstić information content (AvgIpc) is 2.46. The molecule has 0 radical (unpaired) electrons. The second-order valence-electron chi connectivity index (χ2n) is 3.88. The SMILES string of the molecule is CNC(=O)NC(=O)C(C)Oc1ccc(C#N)cc1[N+](=O)[O-]. The van der Waals surface area contributed by atoms with E-state index in [9.17, 15) is 19.7 Å². The molecule has 0 saturated heterocycles. The minimum atomic E-state index is -1.13. The van der Waals surface area contributed by atoms with E-state index in [4.69, 9.17) is 10.00 Å². The van der Waals surface area contributed by atoms with E-state index < -0.39 is 28.7 Å². The second kappa shape index (κ2) is 6.85. The lowest BCUT2D eigenvalue weighted by Crippen LogP contribution is -2.44. The molecule has 9 nitrogen and oxygen atoms in total. The van der Waals surface area contributed by atoms with Gasteiger partial charge in [-0.05, 0) is 19.1 Å². The summed E-state index contributed by atoms with van der Waals surface area (Å²) in [6, 6.07) is 4.64. The molecule has 1 unspecified atom stereocenters. The normalized spacial score (nSPS) is 10.9. The Hall–Kier alpha value is -3.15. The zero-order valence-electron chi connectivity index (χ0n) is 11.2. The van der Waals surface area contributed by atoms with Gasteiger partial charge in [-0.3, -0.25) is 20.2 Å². The molecule has 110 valence electrons. The fourth-order valence-electron chi connectivity index (χ4n) is 1.35. The molecule has 0 saturated carbocycles. The zero-order chi connectivity index (χ0) is 16.0. The summed E-state index contributed by atoms with van der Waals surface area (Å²) in [6.45, 7) is 1.33. The van der Waals surface area contributed by atoms with Crippen molar-refractivity contribution in [2.45, 2.75) is 13.0 Å². The Morgan fingerprint density at radius 3 is 2.67 bits per heavy atom. The number of carbonyl (C=O) groups is 2. The maximum Gasteiger partial charge on any atom is 0.321 e. The maximum atomic E-state index is 11.6. The fourth-order valence-corrected chi connectivity index (χ4v) is 1.35. The highest BCUT2D eigenvalue weighted by atomic mass is 16.6. The second-order valence-corrected chi connectivity index (χ2v) is 3.88. The van der Waals surface area contributed by atoms with E-state index in [0.717, 1.165) is 6.07 Å². The molecular weight excluding hydrogens is 280 g/mol.